The number of carbonyl (C=O) groups is 1. The molecule has 2 N–H and O–H groups in total. The molecule has 5 aromatic rings. The summed E-state index contributed by atoms with van der Waals surface area (Å²) in [5.41, 5.74) is 3.72. The van der Waals surface area contributed by atoms with E-state index in [0.29, 0.717) is 68.8 Å². The van der Waals surface area contributed by atoms with Gasteiger partial charge in [-0.05, 0) is 72.0 Å². The average Bonchev–Trinajstić information content (AvgIpc) is 3.51. The predicted octanol–water partition coefficient (Wildman–Crippen LogP) is 7.11. The lowest BCUT2D eigenvalue weighted by atomic mass is 9.86. The molecule has 1 aliphatic heterocycles. The van der Waals surface area contributed by atoms with Crippen LogP contribution in [0.4, 0.5) is 0 Å². The second kappa shape index (κ2) is 17.4. The molecule has 8 heteroatoms. The quantitative estimate of drug-likeness (QED) is 0.101. The highest BCUT2D eigenvalue weighted by molar-refractivity contribution is 6.00. The van der Waals surface area contributed by atoms with Crippen LogP contribution in [0.25, 0.3) is 0 Å². The number of amides is 1. The van der Waals surface area contributed by atoms with E-state index in [-0.39, 0.29) is 12.5 Å². The molecule has 0 unspecified atom stereocenters. The van der Waals surface area contributed by atoms with Crippen molar-refractivity contribution in [2.75, 3.05) is 19.8 Å². The van der Waals surface area contributed by atoms with Gasteiger partial charge in [-0.1, -0.05) is 97.1 Å². The molecule has 8 nitrogen and oxygen atoms in total. The van der Waals surface area contributed by atoms with Gasteiger partial charge in [0.25, 0.3) is 5.91 Å². The highest BCUT2D eigenvalue weighted by Gasteiger charge is 2.50. The van der Waals surface area contributed by atoms with Gasteiger partial charge in [0.1, 0.15) is 25.1 Å². The molecule has 0 aromatic heterocycles. The van der Waals surface area contributed by atoms with Gasteiger partial charge >= 0.3 is 0 Å². The molecular weight excluding hydrogens is 640 g/mol. The summed E-state index contributed by atoms with van der Waals surface area (Å²) in [6, 6.07) is 43.3. The molecule has 0 saturated carbocycles. The minimum Gasteiger partial charge on any atom is -0.494 e. The van der Waals surface area contributed by atoms with E-state index in [1.807, 2.05) is 140 Å². The number of carbonyl (C=O) groups excluding carboxylic acids is 1. The summed E-state index contributed by atoms with van der Waals surface area (Å²) in [5, 5.41) is 12.2. The van der Waals surface area contributed by atoms with Gasteiger partial charge < -0.3 is 29.4 Å². The molecule has 0 spiro atoms. The molecule has 0 saturated heterocycles. The Morgan fingerprint density at radius 3 is 1.98 bits per heavy atom. The second-order valence-corrected chi connectivity index (χ2v) is 12.5. The maximum Gasteiger partial charge on any atom is 0.252 e. The SMILES string of the molecule is C[C@H]1OC(c2ccc(OCCCO)cc2)=N[C@@]1(Cc1ccccc1)C(=O)NCCc1ccc(OCc2ccccc2)c(OCc2ccccc2)c1. The minimum absolute atomic E-state index is 0.0762. The standard InChI is InChI=1S/C43H44N2O6/c1-32-43(29-34-12-5-2-6-13-34,45-41(51-32)37-19-21-38(22-20-37)48-27-11-26-46)42(47)44-25-24-33-18-23-39(49-30-35-14-7-3-8-15-35)40(28-33)50-31-36-16-9-4-10-17-36/h2-10,12-23,28,32,46H,11,24-27,29-31H2,1H3,(H,44,47)/t32-,43-/m1/s1. The van der Waals surface area contributed by atoms with Crippen molar-refractivity contribution >= 4 is 11.8 Å². The number of rotatable bonds is 17. The van der Waals surface area contributed by atoms with E-state index >= 15 is 0 Å². The molecular formula is C43H44N2O6. The van der Waals surface area contributed by atoms with Crippen LogP contribution in [0.1, 0.15) is 41.2 Å². The van der Waals surface area contributed by atoms with Gasteiger partial charge in [0.2, 0.25) is 5.90 Å². The molecule has 5 aromatic carbocycles. The normalized spacial score (nSPS) is 16.5. The Bertz CT molecular complexity index is 1870. The van der Waals surface area contributed by atoms with E-state index < -0.39 is 11.6 Å². The van der Waals surface area contributed by atoms with Crippen LogP contribution in [0.5, 0.6) is 17.2 Å². The lowest BCUT2D eigenvalue weighted by Gasteiger charge is -2.28. The first-order chi connectivity index (χ1) is 25.0. The first-order valence-corrected chi connectivity index (χ1v) is 17.4. The van der Waals surface area contributed by atoms with Crippen molar-refractivity contribution in [2.24, 2.45) is 4.99 Å². The monoisotopic (exact) mass is 684 g/mol. The molecule has 0 fully saturated rings. The lowest BCUT2D eigenvalue weighted by Crippen LogP contribution is -2.52. The largest absolute Gasteiger partial charge is 0.494 e. The number of nitrogens with one attached hydrogen (secondary N) is 1. The van der Waals surface area contributed by atoms with E-state index in [4.69, 9.17) is 29.0 Å². The third-order valence-corrected chi connectivity index (χ3v) is 8.83. The smallest absolute Gasteiger partial charge is 0.252 e. The fraction of sp³-hybridized carbons (Fsp3) is 0.256. The Morgan fingerprint density at radius 1 is 0.745 bits per heavy atom. The van der Waals surface area contributed by atoms with Crippen LogP contribution in [0.2, 0.25) is 0 Å². The Kier molecular flexibility index (Phi) is 12.0. The summed E-state index contributed by atoms with van der Waals surface area (Å²) in [5.74, 6) is 2.23. The predicted molar refractivity (Wildman–Crippen MR) is 198 cm³/mol. The summed E-state index contributed by atoms with van der Waals surface area (Å²) >= 11 is 0. The molecule has 51 heavy (non-hydrogen) atoms. The highest BCUT2D eigenvalue weighted by Crippen LogP contribution is 2.34. The number of hydrogen-bond acceptors (Lipinski definition) is 7. The highest BCUT2D eigenvalue weighted by atomic mass is 16.5. The summed E-state index contributed by atoms with van der Waals surface area (Å²) in [6.07, 6.45) is 1.02. The number of aliphatic hydroxyl groups excluding tert-OH is 1. The Morgan fingerprint density at radius 2 is 1.35 bits per heavy atom. The zero-order valence-electron chi connectivity index (χ0n) is 28.9. The number of ether oxygens (including phenoxy) is 4. The third kappa shape index (κ3) is 9.35. The first-order valence-electron chi connectivity index (χ1n) is 17.4. The molecule has 0 bridgehead atoms. The fourth-order valence-corrected chi connectivity index (χ4v) is 5.93. The summed E-state index contributed by atoms with van der Waals surface area (Å²) in [6.45, 7) is 3.63. The van der Waals surface area contributed by atoms with E-state index in [2.05, 4.69) is 5.32 Å². The van der Waals surface area contributed by atoms with Crippen molar-refractivity contribution in [1.29, 1.82) is 0 Å². The van der Waals surface area contributed by atoms with Crippen molar-refractivity contribution in [3.05, 3.63) is 161 Å². The van der Waals surface area contributed by atoms with Gasteiger partial charge in [0.15, 0.2) is 17.0 Å². The summed E-state index contributed by atoms with van der Waals surface area (Å²) < 4.78 is 24.4. The molecule has 0 radical (unpaired) electrons. The van der Waals surface area contributed by atoms with Crippen molar-refractivity contribution in [1.82, 2.24) is 5.32 Å². The van der Waals surface area contributed by atoms with Crippen molar-refractivity contribution < 1.29 is 28.8 Å². The number of aliphatic imine (C=N–C) groups is 1. The van der Waals surface area contributed by atoms with Crippen LogP contribution in [0.3, 0.4) is 0 Å². The first kappa shape index (κ1) is 35.2. The van der Waals surface area contributed by atoms with Gasteiger partial charge in [0, 0.05) is 31.6 Å². The summed E-state index contributed by atoms with van der Waals surface area (Å²) in [4.78, 5) is 19.2. The van der Waals surface area contributed by atoms with Crippen LogP contribution in [0.15, 0.2) is 138 Å². The Labute approximate surface area is 299 Å². The zero-order valence-corrected chi connectivity index (χ0v) is 28.9. The summed E-state index contributed by atoms with van der Waals surface area (Å²) in [7, 11) is 0. The van der Waals surface area contributed by atoms with Crippen LogP contribution in [-0.4, -0.2) is 48.3 Å². The van der Waals surface area contributed by atoms with E-state index in [1.165, 1.54) is 0 Å². The molecule has 1 heterocycles. The van der Waals surface area contributed by atoms with E-state index in [1.54, 1.807) is 0 Å². The molecule has 1 amide bonds. The van der Waals surface area contributed by atoms with E-state index in [0.717, 1.165) is 27.8 Å². The van der Waals surface area contributed by atoms with Crippen molar-refractivity contribution in [3.63, 3.8) is 0 Å². The third-order valence-electron chi connectivity index (χ3n) is 8.83. The van der Waals surface area contributed by atoms with Gasteiger partial charge in [-0.2, -0.15) is 0 Å². The van der Waals surface area contributed by atoms with Crippen molar-refractivity contribution in [3.8, 4) is 17.2 Å². The fourth-order valence-electron chi connectivity index (χ4n) is 5.93. The maximum absolute atomic E-state index is 14.2. The minimum atomic E-state index is -1.16. The van der Waals surface area contributed by atoms with Crippen LogP contribution < -0.4 is 19.5 Å². The van der Waals surface area contributed by atoms with Crippen LogP contribution in [0, 0.1) is 0 Å². The average molecular weight is 685 g/mol. The van der Waals surface area contributed by atoms with Gasteiger partial charge in [-0.25, -0.2) is 4.99 Å². The van der Waals surface area contributed by atoms with Crippen molar-refractivity contribution in [2.45, 2.75) is 51.0 Å². The number of nitrogens with zero attached hydrogens (tertiary/aromatic N) is 1. The molecule has 1 aliphatic rings. The second-order valence-electron chi connectivity index (χ2n) is 12.5. The molecule has 0 aliphatic carbocycles. The number of aliphatic hydroxyl groups is 1. The number of benzene rings is 5. The maximum atomic E-state index is 14.2. The zero-order chi connectivity index (χ0) is 35.3. The van der Waals surface area contributed by atoms with Gasteiger partial charge in [0.05, 0.1) is 6.61 Å². The topological polar surface area (TPSA) is 98.6 Å². The van der Waals surface area contributed by atoms with Gasteiger partial charge in [-0.15, -0.1) is 0 Å². The Balaban J connectivity index is 1.16. The lowest BCUT2D eigenvalue weighted by molar-refractivity contribution is -0.128. The van der Waals surface area contributed by atoms with Gasteiger partial charge in [-0.3, -0.25) is 4.79 Å². The molecule has 262 valence electrons. The number of hydrogen-bond donors (Lipinski definition) is 2. The van der Waals surface area contributed by atoms with Crippen LogP contribution >= 0.6 is 0 Å². The molecule has 6 rings (SSSR count). The van der Waals surface area contributed by atoms with E-state index in [9.17, 15) is 4.79 Å². The Hall–Kier alpha value is -5.60. The van der Waals surface area contributed by atoms with Crippen LogP contribution in [-0.2, 0) is 35.6 Å². The molecule has 2 atom stereocenters.